The minimum absolute atomic E-state index is 0.0753. The molecule has 6 nitrogen and oxygen atoms in total. The zero-order chi connectivity index (χ0) is 57.8. The first-order valence-corrected chi connectivity index (χ1v) is 34.9. The van der Waals surface area contributed by atoms with Gasteiger partial charge in [-0.15, -0.1) is 0 Å². The largest absolute Gasteiger partial charge is 0.462 e. The Hall–Kier alpha value is -3.15. The zero-order valence-corrected chi connectivity index (χ0v) is 53.3. The maximum atomic E-state index is 12.9. The van der Waals surface area contributed by atoms with Gasteiger partial charge in [-0.1, -0.05) is 325 Å². The third-order valence-corrected chi connectivity index (χ3v) is 15.4. The molecule has 80 heavy (non-hydrogen) atoms. The molecule has 0 rings (SSSR count). The van der Waals surface area contributed by atoms with E-state index in [1.807, 2.05) is 0 Å². The van der Waals surface area contributed by atoms with E-state index in [2.05, 4.69) is 93.7 Å². The van der Waals surface area contributed by atoms with Crippen molar-refractivity contribution in [3.8, 4) is 0 Å². The number of carbonyl (C=O) groups is 3. The molecular formula is C74H132O6. The molecule has 6 heteroatoms. The van der Waals surface area contributed by atoms with Crippen molar-refractivity contribution in [2.45, 2.75) is 367 Å². The highest BCUT2D eigenvalue weighted by atomic mass is 16.6. The molecule has 1 atom stereocenters. The fourth-order valence-electron chi connectivity index (χ4n) is 10.2. The number of esters is 3. The van der Waals surface area contributed by atoms with E-state index in [-0.39, 0.29) is 31.1 Å². The van der Waals surface area contributed by atoms with Gasteiger partial charge in [0.25, 0.3) is 0 Å². The van der Waals surface area contributed by atoms with E-state index in [9.17, 15) is 14.4 Å². The number of rotatable bonds is 64. The van der Waals surface area contributed by atoms with Crippen LogP contribution in [0.1, 0.15) is 361 Å². The summed E-state index contributed by atoms with van der Waals surface area (Å²) in [4.78, 5) is 38.4. The summed E-state index contributed by atoms with van der Waals surface area (Å²) in [6.45, 7) is 6.56. The van der Waals surface area contributed by atoms with Crippen molar-refractivity contribution < 1.29 is 28.6 Å². The molecule has 0 aromatic heterocycles. The van der Waals surface area contributed by atoms with Gasteiger partial charge in [0.15, 0.2) is 6.10 Å². The van der Waals surface area contributed by atoms with Crippen LogP contribution in [0.25, 0.3) is 0 Å². The topological polar surface area (TPSA) is 78.9 Å². The average Bonchev–Trinajstić information content (AvgIpc) is 3.46. The standard InChI is InChI=1S/C74H132O6/c1-4-7-10-13-16-19-22-25-28-31-32-33-34-35-36-37-38-39-40-41-42-44-46-49-52-55-58-61-64-67-73(76)79-70-71(69-78-72(75)66-63-60-57-54-51-48-45-30-27-24-21-18-15-12-9-6-3)80-74(77)68-65-62-59-56-53-50-47-43-29-26-23-20-17-14-11-8-5-2/h8,11,17,20,22,25-26,29,31-32,34-35,71H,4-7,9-10,12-16,18-19,21,23-24,27-28,30,33,36-70H2,1-3H3/b11-8-,20-17-,25-22-,29-26-,32-31-,35-34-. The van der Waals surface area contributed by atoms with Crippen LogP contribution in [0.4, 0.5) is 0 Å². The second-order valence-electron chi connectivity index (χ2n) is 23.4. The summed E-state index contributed by atoms with van der Waals surface area (Å²) < 4.78 is 17.0. The third kappa shape index (κ3) is 65.7. The molecule has 0 bridgehead atoms. The Balaban J connectivity index is 4.26. The van der Waals surface area contributed by atoms with Gasteiger partial charge in [0.1, 0.15) is 13.2 Å². The molecule has 0 saturated carbocycles. The van der Waals surface area contributed by atoms with Crippen molar-refractivity contribution in [3.05, 3.63) is 72.9 Å². The first-order chi connectivity index (χ1) is 39.5. The molecule has 0 aliphatic rings. The van der Waals surface area contributed by atoms with Gasteiger partial charge in [0.05, 0.1) is 0 Å². The van der Waals surface area contributed by atoms with Crippen molar-refractivity contribution in [3.63, 3.8) is 0 Å². The molecule has 0 heterocycles. The highest BCUT2D eigenvalue weighted by Crippen LogP contribution is 2.18. The highest BCUT2D eigenvalue weighted by molar-refractivity contribution is 5.71. The van der Waals surface area contributed by atoms with Crippen molar-refractivity contribution in [2.75, 3.05) is 13.2 Å². The Kier molecular flexibility index (Phi) is 65.7. The first-order valence-electron chi connectivity index (χ1n) is 34.9. The fraction of sp³-hybridized carbons (Fsp3) is 0.797. The molecular weight excluding hydrogens is 985 g/mol. The third-order valence-electron chi connectivity index (χ3n) is 15.4. The maximum absolute atomic E-state index is 12.9. The minimum atomic E-state index is -0.780. The minimum Gasteiger partial charge on any atom is -0.462 e. The van der Waals surface area contributed by atoms with Gasteiger partial charge in [0, 0.05) is 19.3 Å². The van der Waals surface area contributed by atoms with Gasteiger partial charge in [-0.25, -0.2) is 0 Å². The van der Waals surface area contributed by atoms with Crippen LogP contribution in [0.15, 0.2) is 72.9 Å². The van der Waals surface area contributed by atoms with Crippen LogP contribution in [0.2, 0.25) is 0 Å². The van der Waals surface area contributed by atoms with E-state index in [0.29, 0.717) is 19.3 Å². The van der Waals surface area contributed by atoms with Gasteiger partial charge >= 0.3 is 17.9 Å². The number of hydrogen-bond acceptors (Lipinski definition) is 6. The quantitative estimate of drug-likeness (QED) is 0.0261. The maximum Gasteiger partial charge on any atom is 0.306 e. The van der Waals surface area contributed by atoms with Crippen molar-refractivity contribution in [2.24, 2.45) is 0 Å². The number of allylic oxidation sites excluding steroid dienone is 12. The summed E-state index contributed by atoms with van der Waals surface area (Å²) in [7, 11) is 0. The molecule has 0 aromatic rings. The summed E-state index contributed by atoms with van der Waals surface area (Å²) in [5, 5.41) is 0. The van der Waals surface area contributed by atoms with Gasteiger partial charge < -0.3 is 14.2 Å². The summed E-state index contributed by atoms with van der Waals surface area (Å²) in [5.74, 6) is -0.865. The Morgan fingerprint density at radius 1 is 0.263 bits per heavy atom. The van der Waals surface area contributed by atoms with Crippen LogP contribution in [-0.2, 0) is 28.6 Å². The monoisotopic (exact) mass is 1120 g/mol. The van der Waals surface area contributed by atoms with Crippen LogP contribution < -0.4 is 0 Å². The lowest BCUT2D eigenvalue weighted by Crippen LogP contribution is -2.30. The van der Waals surface area contributed by atoms with Gasteiger partial charge in [-0.2, -0.15) is 0 Å². The lowest BCUT2D eigenvalue weighted by atomic mass is 10.0. The molecule has 0 fully saturated rings. The van der Waals surface area contributed by atoms with Crippen LogP contribution in [-0.4, -0.2) is 37.2 Å². The Morgan fingerprint density at radius 3 is 0.762 bits per heavy atom. The second-order valence-corrected chi connectivity index (χ2v) is 23.4. The molecule has 0 radical (unpaired) electrons. The lowest BCUT2D eigenvalue weighted by molar-refractivity contribution is -0.167. The molecule has 0 aliphatic carbocycles. The second kappa shape index (κ2) is 68.3. The number of ether oxygens (including phenoxy) is 3. The van der Waals surface area contributed by atoms with E-state index in [1.165, 1.54) is 225 Å². The summed E-state index contributed by atoms with van der Waals surface area (Å²) in [6.07, 6.45) is 89.2. The molecule has 0 N–H and O–H groups in total. The summed E-state index contributed by atoms with van der Waals surface area (Å²) in [6, 6.07) is 0. The fourth-order valence-corrected chi connectivity index (χ4v) is 10.2. The normalized spacial score (nSPS) is 12.5. The van der Waals surface area contributed by atoms with Crippen LogP contribution in [0.3, 0.4) is 0 Å². The smallest absolute Gasteiger partial charge is 0.306 e. The van der Waals surface area contributed by atoms with Crippen LogP contribution >= 0.6 is 0 Å². The SMILES string of the molecule is CC/C=C\C/C=C\C/C=C\CCCCCCCCCC(=O)OC(COC(=O)CCCCCCCCCCCCCCCC/C=C\C/C=C\C/C=C\CCCCCCC)COC(=O)CCCCCCCCCCCCCCCCCC. The molecule has 464 valence electrons. The summed E-state index contributed by atoms with van der Waals surface area (Å²) in [5.41, 5.74) is 0. The average molecular weight is 1120 g/mol. The molecule has 0 aromatic carbocycles. The zero-order valence-electron chi connectivity index (χ0n) is 53.3. The van der Waals surface area contributed by atoms with Gasteiger partial charge in [-0.05, 0) is 89.9 Å². The Labute approximate surface area is 497 Å². The number of carbonyl (C=O) groups excluding carboxylic acids is 3. The molecule has 1 unspecified atom stereocenters. The van der Waals surface area contributed by atoms with Crippen LogP contribution in [0, 0.1) is 0 Å². The molecule has 0 saturated heterocycles. The predicted molar refractivity (Wildman–Crippen MR) is 348 cm³/mol. The van der Waals surface area contributed by atoms with E-state index in [0.717, 1.165) is 96.3 Å². The number of unbranched alkanes of at least 4 members (excludes halogenated alkanes) is 41. The highest BCUT2D eigenvalue weighted by Gasteiger charge is 2.19. The summed E-state index contributed by atoms with van der Waals surface area (Å²) >= 11 is 0. The molecule has 0 amide bonds. The van der Waals surface area contributed by atoms with Crippen molar-refractivity contribution in [1.82, 2.24) is 0 Å². The van der Waals surface area contributed by atoms with E-state index < -0.39 is 6.10 Å². The van der Waals surface area contributed by atoms with Gasteiger partial charge in [-0.3, -0.25) is 14.4 Å². The lowest BCUT2D eigenvalue weighted by Gasteiger charge is -2.18. The molecule has 0 aliphatic heterocycles. The van der Waals surface area contributed by atoms with E-state index in [1.54, 1.807) is 0 Å². The van der Waals surface area contributed by atoms with Crippen molar-refractivity contribution in [1.29, 1.82) is 0 Å². The Morgan fingerprint density at radius 2 is 0.487 bits per heavy atom. The predicted octanol–water partition coefficient (Wildman–Crippen LogP) is 24.1. The van der Waals surface area contributed by atoms with E-state index in [4.69, 9.17) is 14.2 Å². The van der Waals surface area contributed by atoms with Crippen molar-refractivity contribution >= 4 is 17.9 Å². The number of hydrogen-bond donors (Lipinski definition) is 0. The van der Waals surface area contributed by atoms with Crippen LogP contribution in [0.5, 0.6) is 0 Å². The Bertz CT molecular complexity index is 1470. The molecule has 0 spiro atoms. The van der Waals surface area contributed by atoms with E-state index >= 15 is 0 Å². The van der Waals surface area contributed by atoms with Gasteiger partial charge in [0.2, 0.25) is 0 Å². The first kappa shape index (κ1) is 76.9.